The van der Waals surface area contributed by atoms with Crippen molar-refractivity contribution in [1.29, 1.82) is 0 Å². The smallest absolute Gasteiger partial charge is 0.315 e. The number of carbonyl (C=O) groups is 1. The van der Waals surface area contributed by atoms with E-state index in [-0.39, 0.29) is 6.03 Å². The molecule has 1 aromatic carbocycles. The van der Waals surface area contributed by atoms with Gasteiger partial charge in [0.2, 0.25) is 0 Å². The molecular weight excluding hydrogens is 316 g/mol. The lowest BCUT2D eigenvalue weighted by Gasteiger charge is -2.35. The van der Waals surface area contributed by atoms with Crippen LogP contribution in [0.2, 0.25) is 5.02 Å². The van der Waals surface area contributed by atoms with Crippen LogP contribution < -0.4 is 5.73 Å². The second-order valence-corrected chi connectivity index (χ2v) is 7.71. The zero-order valence-electron chi connectivity index (χ0n) is 13.1. The summed E-state index contributed by atoms with van der Waals surface area (Å²) in [6.07, 6.45) is 5.55. The maximum absolute atomic E-state index is 11.7. The molecule has 1 fully saturated rings. The minimum absolute atomic E-state index is 0.268. The predicted octanol–water partition coefficient (Wildman–Crippen LogP) is 4.78. The Bertz CT molecular complexity index is 472. The fraction of sp³-hybridized carbons (Fsp3) is 0.588. The first-order valence-electron chi connectivity index (χ1n) is 8.00. The van der Waals surface area contributed by atoms with Crippen molar-refractivity contribution >= 4 is 29.4 Å². The largest absolute Gasteiger partial charge is 0.351 e. The molecule has 0 aromatic heterocycles. The van der Waals surface area contributed by atoms with Crippen molar-refractivity contribution < 1.29 is 4.79 Å². The van der Waals surface area contributed by atoms with Crippen molar-refractivity contribution in [2.75, 3.05) is 12.3 Å². The van der Waals surface area contributed by atoms with Crippen molar-refractivity contribution in [2.24, 2.45) is 11.7 Å². The van der Waals surface area contributed by atoms with E-state index in [9.17, 15) is 4.79 Å². The Balaban J connectivity index is 1.75. The van der Waals surface area contributed by atoms with Crippen molar-refractivity contribution in [3.05, 3.63) is 29.3 Å². The highest BCUT2D eigenvalue weighted by Crippen LogP contribution is 2.27. The molecule has 0 heterocycles. The van der Waals surface area contributed by atoms with Gasteiger partial charge in [0.1, 0.15) is 0 Å². The zero-order chi connectivity index (χ0) is 15.9. The molecule has 0 unspecified atom stereocenters. The summed E-state index contributed by atoms with van der Waals surface area (Å²) in [4.78, 5) is 14.8. The number of benzene rings is 1. The summed E-state index contributed by atoms with van der Waals surface area (Å²) in [5.41, 5.74) is 5.58. The SMILES string of the molecule is C[C@H]1CC[C@H](N(CCCSc2ccc(Cl)cc2)C(N)=O)CC1. The molecule has 1 aliphatic rings. The third-order valence-electron chi connectivity index (χ3n) is 4.33. The second kappa shape index (κ2) is 8.68. The van der Waals surface area contributed by atoms with Crippen LogP contribution in [0, 0.1) is 5.92 Å². The highest BCUT2D eigenvalue weighted by atomic mass is 35.5. The maximum Gasteiger partial charge on any atom is 0.315 e. The number of primary amides is 1. The Morgan fingerprint density at radius 1 is 1.27 bits per heavy atom. The van der Waals surface area contributed by atoms with Gasteiger partial charge in [0.15, 0.2) is 0 Å². The van der Waals surface area contributed by atoms with Crippen LogP contribution in [0.25, 0.3) is 0 Å². The number of amides is 2. The Hall–Kier alpha value is -0.870. The summed E-state index contributed by atoms with van der Waals surface area (Å²) in [6.45, 7) is 3.04. The van der Waals surface area contributed by atoms with E-state index in [0.29, 0.717) is 6.04 Å². The van der Waals surface area contributed by atoms with Crippen LogP contribution in [-0.4, -0.2) is 29.3 Å². The molecule has 0 radical (unpaired) electrons. The Labute approximate surface area is 142 Å². The van der Waals surface area contributed by atoms with E-state index in [1.54, 1.807) is 11.8 Å². The molecule has 3 nitrogen and oxygen atoms in total. The minimum Gasteiger partial charge on any atom is -0.351 e. The number of thioether (sulfide) groups is 1. The lowest BCUT2D eigenvalue weighted by atomic mass is 9.86. The topological polar surface area (TPSA) is 46.3 Å². The summed E-state index contributed by atoms with van der Waals surface area (Å²) in [5.74, 6) is 1.76. The van der Waals surface area contributed by atoms with Crippen LogP contribution >= 0.6 is 23.4 Å². The lowest BCUT2D eigenvalue weighted by molar-refractivity contribution is 0.153. The first-order valence-corrected chi connectivity index (χ1v) is 9.37. The molecule has 0 bridgehead atoms. The monoisotopic (exact) mass is 340 g/mol. The molecule has 2 amide bonds. The number of hydrogen-bond donors (Lipinski definition) is 1. The number of nitrogens with zero attached hydrogens (tertiary/aromatic N) is 1. The zero-order valence-corrected chi connectivity index (χ0v) is 14.7. The van der Waals surface area contributed by atoms with Gasteiger partial charge in [-0.1, -0.05) is 18.5 Å². The fourth-order valence-corrected chi connectivity index (χ4v) is 3.95. The Morgan fingerprint density at radius 3 is 2.50 bits per heavy atom. The van der Waals surface area contributed by atoms with Crippen LogP contribution in [-0.2, 0) is 0 Å². The van der Waals surface area contributed by atoms with Crippen molar-refractivity contribution in [2.45, 2.75) is 50.0 Å². The van der Waals surface area contributed by atoms with Crippen LogP contribution in [0.4, 0.5) is 4.79 Å². The molecule has 0 atom stereocenters. The second-order valence-electron chi connectivity index (χ2n) is 6.10. The highest BCUT2D eigenvalue weighted by Gasteiger charge is 2.25. The van der Waals surface area contributed by atoms with Gasteiger partial charge in [0.05, 0.1) is 0 Å². The minimum atomic E-state index is -0.268. The molecule has 22 heavy (non-hydrogen) atoms. The summed E-state index contributed by atoms with van der Waals surface area (Å²) >= 11 is 7.67. The molecule has 122 valence electrons. The van der Waals surface area contributed by atoms with Crippen molar-refractivity contribution in [3.63, 3.8) is 0 Å². The van der Waals surface area contributed by atoms with Gasteiger partial charge in [-0.3, -0.25) is 0 Å². The van der Waals surface area contributed by atoms with Crippen LogP contribution in [0.15, 0.2) is 29.2 Å². The summed E-state index contributed by atoms with van der Waals surface area (Å²) < 4.78 is 0. The first-order chi connectivity index (χ1) is 10.6. The number of nitrogens with two attached hydrogens (primary N) is 1. The van der Waals surface area contributed by atoms with Crippen molar-refractivity contribution in [3.8, 4) is 0 Å². The maximum atomic E-state index is 11.7. The average molecular weight is 341 g/mol. The summed E-state index contributed by atoms with van der Waals surface area (Å²) in [7, 11) is 0. The lowest BCUT2D eigenvalue weighted by Crippen LogP contribution is -2.45. The van der Waals surface area contributed by atoms with Gasteiger partial charge >= 0.3 is 6.03 Å². The molecule has 5 heteroatoms. The van der Waals surface area contributed by atoms with Gasteiger partial charge in [0, 0.05) is 22.5 Å². The van der Waals surface area contributed by atoms with Gasteiger partial charge in [-0.05, 0) is 68.0 Å². The van der Waals surface area contributed by atoms with Crippen molar-refractivity contribution in [1.82, 2.24) is 4.90 Å². The molecule has 2 N–H and O–H groups in total. The molecular formula is C17H25ClN2OS. The number of urea groups is 1. The number of hydrogen-bond acceptors (Lipinski definition) is 2. The number of rotatable bonds is 6. The van der Waals surface area contributed by atoms with Gasteiger partial charge in [-0.2, -0.15) is 0 Å². The predicted molar refractivity (Wildman–Crippen MR) is 94.5 cm³/mol. The van der Waals surface area contributed by atoms with Gasteiger partial charge in [-0.25, -0.2) is 4.79 Å². The highest BCUT2D eigenvalue weighted by molar-refractivity contribution is 7.99. The van der Waals surface area contributed by atoms with E-state index in [1.165, 1.54) is 17.7 Å². The molecule has 2 rings (SSSR count). The Morgan fingerprint density at radius 2 is 1.91 bits per heavy atom. The molecule has 0 aliphatic heterocycles. The van der Waals surface area contributed by atoms with E-state index >= 15 is 0 Å². The van der Waals surface area contributed by atoms with Crippen LogP contribution in [0.3, 0.4) is 0 Å². The molecule has 0 saturated heterocycles. The molecule has 1 aromatic rings. The van der Waals surface area contributed by atoms with Crippen LogP contribution in [0.5, 0.6) is 0 Å². The third kappa shape index (κ3) is 5.40. The quantitative estimate of drug-likeness (QED) is 0.598. The van der Waals surface area contributed by atoms with E-state index < -0.39 is 0 Å². The van der Waals surface area contributed by atoms with E-state index in [2.05, 4.69) is 6.92 Å². The normalized spacial score (nSPS) is 21.5. The molecule has 1 saturated carbocycles. The Kier molecular flexibility index (Phi) is 6.90. The van der Waals surface area contributed by atoms with Gasteiger partial charge < -0.3 is 10.6 Å². The van der Waals surface area contributed by atoms with E-state index in [0.717, 1.165) is 42.5 Å². The number of carbonyl (C=O) groups excluding carboxylic acids is 1. The number of halogens is 1. The standard InChI is InChI=1S/C17H25ClN2OS/c1-13-3-7-15(8-4-13)20(17(19)21)11-2-12-22-16-9-5-14(18)6-10-16/h5-6,9-10,13,15H,2-4,7-8,11-12H2,1H3,(H2,19,21)/t13-,15-. The summed E-state index contributed by atoms with van der Waals surface area (Å²) in [5, 5.41) is 0.760. The third-order valence-corrected chi connectivity index (χ3v) is 5.69. The van der Waals surface area contributed by atoms with Gasteiger partial charge in [0.25, 0.3) is 0 Å². The fourth-order valence-electron chi connectivity index (χ4n) is 2.98. The van der Waals surface area contributed by atoms with E-state index in [1.807, 2.05) is 29.2 Å². The van der Waals surface area contributed by atoms with Crippen LogP contribution in [0.1, 0.15) is 39.0 Å². The average Bonchev–Trinajstić information content (AvgIpc) is 2.50. The van der Waals surface area contributed by atoms with E-state index in [4.69, 9.17) is 17.3 Å². The summed E-state index contributed by atoms with van der Waals surface area (Å²) in [6, 6.07) is 7.94. The first kappa shape index (κ1) is 17.5. The molecule has 1 aliphatic carbocycles. The molecule has 0 spiro atoms. The van der Waals surface area contributed by atoms with Gasteiger partial charge in [-0.15, -0.1) is 11.8 Å².